The number of likely N-dealkylation sites (tertiary alicyclic amines) is 1. The summed E-state index contributed by atoms with van der Waals surface area (Å²) >= 11 is 0. The van der Waals surface area contributed by atoms with Crippen molar-refractivity contribution in [2.45, 2.75) is 57.0 Å². The van der Waals surface area contributed by atoms with Gasteiger partial charge in [-0.3, -0.25) is 4.79 Å². The van der Waals surface area contributed by atoms with Crippen LogP contribution in [0.3, 0.4) is 0 Å². The molecule has 1 aliphatic carbocycles. The molecule has 1 saturated heterocycles. The Morgan fingerprint density at radius 1 is 1.18 bits per heavy atom. The summed E-state index contributed by atoms with van der Waals surface area (Å²) in [4.78, 5) is 24.4. The number of nitrogens with zero attached hydrogens (tertiary/aromatic N) is 1. The van der Waals surface area contributed by atoms with E-state index in [1.165, 1.54) is 12.8 Å². The summed E-state index contributed by atoms with van der Waals surface area (Å²) < 4.78 is 0. The maximum atomic E-state index is 12.0. The monoisotopic (exact) mass is 240 g/mol. The molecule has 0 radical (unpaired) electrons. The maximum Gasteiger partial charge on any atom is 0.317 e. The predicted octanol–water partition coefficient (Wildman–Crippen LogP) is 1.58. The summed E-state index contributed by atoms with van der Waals surface area (Å²) in [5.41, 5.74) is 0. The Kier molecular flexibility index (Phi) is 3.86. The van der Waals surface area contributed by atoms with Crippen LogP contribution in [0.15, 0.2) is 0 Å². The van der Waals surface area contributed by atoms with E-state index in [2.05, 4.69) is 5.32 Å². The minimum absolute atomic E-state index is 0.0675. The number of carbonyl (C=O) groups excluding carboxylic acids is 1. The van der Waals surface area contributed by atoms with Gasteiger partial charge in [-0.05, 0) is 25.7 Å². The van der Waals surface area contributed by atoms with E-state index in [0.717, 1.165) is 25.7 Å². The highest BCUT2D eigenvalue weighted by atomic mass is 16.4. The van der Waals surface area contributed by atoms with Crippen LogP contribution in [-0.4, -0.2) is 40.6 Å². The molecule has 5 heteroatoms. The summed E-state index contributed by atoms with van der Waals surface area (Å²) in [6.07, 6.45) is 6.28. The molecular formula is C12H20N2O3. The Hall–Kier alpha value is -1.26. The third-order valence-electron chi connectivity index (χ3n) is 3.73. The van der Waals surface area contributed by atoms with Crippen molar-refractivity contribution in [1.82, 2.24) is 10.2 Å². The Bertz CT molecular complexity index is 300. The molecule has 0 aromatic carbocycles. The lowest BCUT2D eigenvalue weighted by molar-refractivity contribution is -0.137. The minimum atomic E-state index is -0.824. The van der Waals surface area contributed by atoms with Gasteiger partial charge in [-0.15, -0.1) is 0 Å². The van der Waals surface area contributed by atoms with Crippen molar-refractivity contribution in [3.63, 3.8) is 0 Å². The van der Waals surface area contributed by atoms with Crippen LogP contribution in [0.5, 0.6) is 0 Å². The fourth-order valence-electron chi connectivity index (χ4n) is 2.84. The molecule has 2 rings (SSSR count). The van der Waals surface area contributed by atoms with Crippen LogP contribution in [0.2, 0.25) is 0 Å². The zero-order valence-electron chi connectivity index (χ0n) is 10.0. The number of hydrogen-bond donors (Lipinski definition) is 2. The van der Waals surface area contributed by atoms with Gasteiger partial charge in [0, 0.05) is 18.6 Å². The zero-order chi connectivity index (χ0) is 12.3. The van der Waals surface area contributed by atoms with Gasteiger partial charge >= 0.3 is 12.0 Å². The zero-order valence-corrected chi connectivity index (χ0v) is 10.0. The first kappa shape index (κ1) is 12.2. The highest BCUT2D eigenvalue weighted by Gasteiger charge is 2.31. The maximum absolute atomic E-state index is 12.0. The van der Waals surface area contributed by atoms with Crippen LogP contribution in [-0.2, 0) is 4.79 Å². The third kappa shape index (κ3) is 3.11. The van der Waals surface area contributed by atoms with Gasteiger partial charge in [-0.1, -0.05) is 12.8 Å². The molecule has 0 aromatic heterocycles. The summed E-state index contributed by atoms with van der Waals surface area (Å²) in [6, 6.07) is 0.114. The Morgan fingerprint density at radius 2 is 1.88 bits per heavy atom. The topological polar surface area (TPSA) is 69.6 Å². The number of nitrogens with one attached hydrogen (secondary N) is 1. The summed E-state index contributed by atoms with van der Waals surface area (Å²) in [7, 11) is 0. The van der Waals surface area contributed by atoms with Crippen LogP contribution < -0.4 is 5.32 Å². The predicted molar refractivity (Wildman–Crippen MR) is 62.8 cm³/mol. The van der Waals surface area contributed by atoms with Crippen LogP contribution in [0, 0.1) is 0 Å². The first-order valence-electron chi connectivity index (χ1n) is 6.46. The molecular weight excluding hydrogens is 220 g/mol. The molecule has 5 nitrogen and oxygen atoms in total. The highest BCUT2D eigenvalue weighted by molar-refractivity contribution is 5.76. The molecule has 2 fully saturated rings. The van der Waals surface area contributed by atoms with E-state index in [1.807, 2.05) is 0 Å². The lowest BCUT2D eigenvalue weighted by Crippen LogP contribution is -2.46. The van der Waals surface area contributed by atoms with Crippen molar-refractivity contribution in [2.24, 2.45) is 0 Å². The van der Waals surface area contributed by atoms with Gasteiger partial charge in [0.05, 0.1) is 6.42 Å². The van der Waals surface area contributed by atoms with Gasteiger partial charge in [-0.25, -0.2) is 4.79 Å². The number of aliphatic carboxylic acids is 1. The standard InChI is InChI=1S/C12H20N2O3/c15-11(16)8-10-6-3-7-14(10)12(17)13-9-4-1-2-5-9/h9-10H,1-8H2,(H,13,17)(H,15,16). The van der Waals surface area contributed by atoms with Gasteiger partial charge in [0.25, 0.3) is 0 Å². The Labute approximate surface area is 101 Å². The average molecular weight is 240 g/mol. The molecule has 2 aliphatic rings. The molecule has 1 aliphatic heterocycles. The average Bonchev–Trinajstić information content (AvgIpc) is 2.87. The number of urea groups is 1. The molecule has 1 heterocycles. The van der Waals surface area contributed by atoms with Crippen molar-refractivity contribution < 1.29 is 14.7 Å². The van der Waals surface area contributed by atoms with Gasteiger partial charge < -0.3 is 15.3 Å². The van der Waals surface area contributed by atoms with Crippen LogP contribution >= 0.6 is 0 Å². The van der Waals surface area contributed by atoms with Crippen LogP contribution in [0.4, 0.5) is 4.79 Å². The largest absolute Gasteiger partial charge is 0.481 e. The van der Waals surface area contributed by atoms with Crippen LogP contribution in [0.25, 0.3) is 0 Å². The number of carboxylic acids is 1. The number of amides is 2. The second-order valence-corrected chi connectivity index (χ2v) is 5.02. The third-order valence-corrected chi connectivity index (χ3v) is 3.73. The molecule has 1 unspecified atom stereocenters. The van der Waals surface area contributed by atoms with E-state index in [0.29, 0.717) is 12.6 Å². The highest BCUT2D eigenvalue weighted by Crippen LogP contribution is 2.22. The molecule has 1 atom stereocenters. The lowest BCUT2D eigenvalue weighted by Gasteiger charge is -2.25. The second-order valence-electron chi connectivity index (χ2n) is 5.02. The quantitative estimate of drug-likeness (QED) is 0.786. The molecule has 1 saturated carbocycles. The minimum Gasteiger partial charge on any atom is -0.481 e. The van der Waals surface area contributed by atoms with Crippen molar-refractivity contribution in [1.29, 1.82) is 0 Å². The number of hydrogen-bond acceptors (Lipinski definition) is 2. The SMILES string of the molecule is O=C(O)CC1CCCN1C(=O)NC1CCCC1. The van der Waals surface area contributed by atoms with E-state index >= 15 is 0 Å². The smallest absolute Gasteiger partial charge is 0.317 e. The molecule has 17 heavy (non-hydrogen) atoms. The number of carbonyl (C=O) groups is 2. The Balaban J connectivity index is 1.86. The van der Waals surface area contributed by atoms with Crippen LogP contribution in [0.1, 0.15) is 44.9 Å². The molecule has 0 bridgehead atoms. The molecule has 0 spiro atoms. The van der Waals surface area contributed by atoms with E-state index in [4.69, 9.17) is 5.11 Å². The van der Waals surface area contributed by atoms with Gasteiger partial charge in [0.2, 0.25) is 0 Å². The normalized spacial score (nSPS) is 25.2. The van der Waals surface area contributed by atoms with E-state index in [1.54, 1.807) is 4.90 Å². The van der Waals surface area contributed by atoms with Crippen molar-refractivity contribution >= 4 is 12.0 Å². The van der Waals surface area contributed by atoms with Gasteiger partial charge in [0.1, 0.15) is 0 Å². The fraction of sp³-hybridized carbons (Fsp3) is 0.833. The van der Waals surface area contributed by atoms with Crippen molar-refractivity contribution in [2.75, 3.05) is 6.54 Å². The summed E-state index contributed by atoms with van der Waals surface area (Å²) in [5, 5.41) is 11.8. The number of carboxylic acid groups (broad SMARTS) is 1. The Morgan fingerprint density at radius 3 is 2.53 bits per heavy atom. The van der Waals surface area contributed by atoms with Crippen molar-refractivity contribution in [3.05, 3.63) is 0 Å². The molecule has 0 aromatic rings. The van der Waals surface area contributed by atoms with E-state index in [9.17, 15) is 9.59 Å². The van der Waals surface area contributed by atoms with Gasteiger partial charge in [-0.2, -0.15) is 0 Å². The van der Waals surface area contributed by atoms with E-state index in [-0.39, 0.29) is 18.5 Å². The fourth-order valence-corrected chi connectivity index (χ4v) is 2.84. The summed E-state index contributed by atoms with van der Waals surface area (Å²) in [6.45, 7) is 0.691. The second kappa shape index (κ2) is 5.38. The first-order valence-corrected chi connectivity index (χ1v) is 6.46. The van der Waals surface area contributed by atoms with Crippen molar-refractivity contribution in [3.8, 4) is 0 Å². The van der Waals surface area contributed by atoms with Gasteiger partial charge in [0.15, 0.2) is 0 Å². The molecule has 2 amide bonds. The summed E-state index contributed by atoms with van der Waals surface area (Å²) in [5.74, 6) is -0.824. The van der Waals surface area contributed by atoms with E-state index < -0.39 is 5.97 Å². The lowest BCUT2D eigenvalue weighted by atomic mass is 10.1. The molecule has 96 valence electrons. The number of rotatable bonds is 3. The molecule has 2 N–H and O–H groups in total. The first-order chi connectivity index (χ1) is 8.16.